The molecular formula is C110H66N2O4. The number of furan rings is 4. The van der Waals surface area contributed by atoms with E-state index in [1.165, 1.54) is 26.9 Å². The van der Waals surface area contributed by atoms with Gasteiger partial charge in [-0.1, -0.05) is 255 Å². The Morgan fingerprint density at radius 3 is 1.24 bits per heavy atom. The molecule has 0 radical (unpaired) electrons. The van der Waals surface area contributed by atoms with Crippen LogP contribution < -0.4 is 9.80 Å². The summed E-state index contributed by atoms with van der Waals surface area (Å²) in [5.41, 5.74) is 25.7. The molecule has 0 fully saturated rings. The largest absolute Gasteiger partial charge is 0.456 e. The highest BCUT2D eigenvalue weighted by molar-refractivity contribution is 6.21. The summed E-state index contributed by atoms with van der Waals surface area (Å²) in [5, 5.41) is 20.0. The molecular weight excluding hydrogens is 1410 g/mol. The second-order valence-corrected chi connectivity index (χ2v) is 30.6. The third kappa shape index (κ3) is 10.7. The summed E-state index contributed by atoms with van der Waals surface area (Å²) in [4.78, 5) is 4.87. The van der Waals surface area contributed by atoms with Gasteiger partial charge < -0.3 is 27.5 Å². The minimum atomic E-state index is 0.785. The summed E-state index contributed by atoms with van der Waals surface area (Å²) in [7, 11) is 0. The Morgan fingerprint density at radius 2 is 0.578 bits per heavy atom. The number of rotatable bonds is 12. The average molecular weight is 1480 g/mol. The molecule has 0 N–H and O–H groups in total. The molecule has 4 aromatic heterocycles. The number of para-hydroxylation sites is 3. The molecule has 24 rings (SSSR count). The van der Waals surface area contributed by atoms with E-state index < -0.39 is 0 Å². The van der Waals surface area contributed by atoms with E-state index in [4.69, 9.17) is 17.7 Å². The second-order valence-electron chi connectivity index (χ2n) is 30.6. The quantitative estimate of drug-likeness (QED) is 0.121. The summed E-state index contributed by atoms with van der Waals surface area (Å²) in [6.45, 7) is 0. The van der Waals surface area contributed by atoms with Crippen molar-refractivity contribution in [1.29, 1.82) is 0 Å². The van der Waals surface area contributed by atoms with E-state index in [-0.39, 0.29) is 0 Å². The van der Waals surface area contributed by atoms with Crippen molar-refractivity contribution in [2.75, 3.05) is 9.80 Å². The van der Waals surface area contributed by atoms with Gasteiger partial charge in [0.1, 0.15) is 44.7 Å². The first-order chi connectivity index (χ1) is 57.4. The van der Waals surface area contributed by atoms with Gasteiger partial charge in [-0.05, 0) is 244 Å². The van der Waals surface area contributed by atoms with E-state index in [1.54, 1.807) is 0 Å². The van der Waals surface area contributed by atoms with Gasteiger partial charge in [-0.2, -0.15) is 0 Å². The first kappa shape index (κ1) is 65.2. The van der Waals surface area contributed by atoms with E-state index in [0.717, 1.165) is 216 Å². The monoisotopic (exact) mass is 1480 g/mol. The smallest absolute Gasteiger partial charge is 0.143 e. The maximum atomic E-state index is 7.39. The van der Waals surface area contributed by atoms with Gasteiger partial charge in [-0.15, -0.1) is 0 Å². The Balaban J connectivity index is 0.688. The van der Waals surface area contributed by atoms with Crippen LogP contribution in [0.15, 0.2) is 418 Å². The summed E-state index contributed by atoms with van der Waals surface area (Å²) < 4.78 is 27.4. The van der Waals surface area contributed by atoms with Gasteiger partial charge in [0, 0.05) is 76.8 Å². The van der Waals surface area contributed by atoms with Gasteiger partial charge in [-0.25, -0.2) is 0 Å². The highest BCUT2D eigenvalue weighted by Gasteiger charge is 2.27. The van der Waals surface area contributed by atoms with Crippen molar-refractivity contribution in [3.05, 3.63) is 400 Å². The Labute approximate surface area is 666 Å². The molecule has 4 heterocycles. The normalized spacial score (nSPS) is 12.0. The van der Waals surface area contributed by atoms with Crippen LogP contribution in [-0.4, -0.2) is 0 Å². The van der Waals surface area contributed by atoms with E-state index in [0.29, 0.717) is 0 Å². The van der Waals surface area contributed by atoms with Crippen LogP contribution in [0.1, 0.15) is 0 Å². The zero-order valence-electron chi connectivity index (χ0n) is 62.6. The minimum Gasteiger partial charge on any atom is -0.456 e. The van der Waals surface area contributed by atoms with Crippen LogP contribution >= 0.6 is 0 Å². The summed E-state index contributed by atoms with van der Waals surface area (Å²) in [6, 6.07) is 145. The molecule has 0 aliphatic carbocycles. The highest BCUT2D eigenvalue weighted by Crippen LogP contribution is 2.51. The van der Waals surface area contributed by atoms with Crippen molar-refractivity contribution in [3.8, 4) is 66.8 Å². The lowest BCUT2D eigenvalue weighted by Gasteiger charge is -2.29. The van der Waals surface area contributed by atoms with Crippen molar-refractivity contribution in [3.63, 3.8) is 0 Å². The van der Waals surface area contributed by atoms with Crippen LogP contribution in [0.5, 0.6) is 0 Å². The number of hydrogen-bond acceptors (Lipinski definition) is 6. The Kier molecular flexibility index (Phi) is 14.7. The molecule has 0 saturated heterocycles. The maximum Gasteiger partial charge on any atom is 0.143 e. The number of nitrogens with zero attached hydrogens (tertiary/aromatic N) is 2. The third-order valence-corrected chi connectivity index (χ3v) is 23.9. The summed E-state index contributed by atoms with van der Waals surface area (Å²) in [5.74, 6) is 0. The zero-order chi connectivity index (χ0) is 76.1. The van der Waals surface area contributed by atoms with Crippen LogP contribution in [0.4, 0.5) is 34.1 Å². The molecule has 116 heavy (non-hydrogen) atoms. The lowest BCUT2D eigenvalue weighted by molar-refractivity contribution is 0.669. The molecule has 6 heteroatoms. The Hall–Kier alpha value is -15.5. The number of hydrogen-bond donors (Lipinski definition) is 0. The molecule has 0 bridgehead atoms. The fourth-order valence-corrected chi connectivity index (χ4v) is 18.3. The molecule has 0 unspecified atom stereocenters. The Bertz CT molecular complexity index is 8200. The second kappa shape index (κ2) is 26.1. The van der Waals surface area contributed by atoms with Gasteiger partial charge in [0.15, 0.2) is 0 Å². The van der Waals surface area contributed by atoms with Gasteiger partial charge in [0.25, 0.3) is 0 Å². The molecule has 0 aliphatic rings. The van der Waals surface area contributed by atoms with E-state index in [2.05, 4.69) is 404 Å². The van der Waals surface area contributed by atoms with Crippen LogP contribution in [0, 0.1) is 0 Å². The van der Waals surface area contributed by atoms with Crippen LogP contribution in [0.3, 0.4) is 0 Å². The predicted molar refractivity (Wildman–Crippen MR) is 485 cm³/mol. The molecule has 0 amide bonds. The third-order valence-electron chi connectivity index (χ3n) is 23.9. The van der Waals surface area contributed by atoms with E-state index in [1.807, 2.05) is 6.07 Å². The van der Waals surface area contributed by atoms with Gasteiger partial charge >= 0.3 is 0 Å². The van der Waals surface area contributed by atoms with E-state index >= 15 is 0 Å². The van der Waals surface area contributed by atoms with Gasteiger partial charge in [-0.3, -0.25) is 0 Å². The van der Waals surface area contributed by atoms with Crippen molar-refractivity contribution in [2.24, 2.45) is 0 Å². The van der Waals surface area contributed by atoms with Crippen molar-refractivity contribution >= 4 is 176 Å². The summed E-state index contributed by atoms with van der Waals surface area (Å²) >= 11 is 0. The van der Waals surface area contributed by atoms with Crippen molar-refractivity contribution in [2.45, 2.75) is 0 Å². The molecule has 0 saturated carbocycles. The van der Waals surface area contributed by atoms with Gasteiger partial charge in [0.2, 0.25) is 0 Å². The average Bonchev–Trinajstić information content (AvgIpc) is 1.47. The van der Waals surface area contributed by atoms with Crippen LogP contribution in [0.25, 0.3) is 208 Å². The maximum absolute atomic E-state index is 7.39. The van der Waals surface area contributed by atoms with E-state index in [9.17, 15) is 0 Å². The molecule has 24 aromatic rings. The van der Waals surface area contributed by atoms with Crippen molar-refractivity contribution < 1.29 is 17.7 Å². The van der Waals surface area contributed by atoms with Crippen LogP contribution in [-0.2, 0) is 0 Å². The van der Waals surface area contributed by atoms with Crippen molar-refractivity contribution in [1.82, 2.24) is 0 Å². The first-order valence-corrected chi connectivity index (χ1v) is 39.5. The number of benzene rings is 20. The summed E-state index contributed by atoms with van der Waals surface area (Å²) in [6.07, 6.45) is 0. The SMILES string of the molecule is c1cc(-c2ccc3ccccc3c2)cc(N(c2ccc(-c3cccc4c3oc3ccccc34)cc2)c2ccc(-c3ccc4ccc5c(oc6cccc(N(c7cccc(-c8ccc9ccccc9c8)c7)c7ccccc7-c7ccc8oc9cc%10ccccc%10cc9c8c7)c65)c4c3)cc2-c2ccc3oc4cc5ccccc5cc4c3c2)c1. The molecule has 0 aliphatic heterocycles. The fraction of sp³-hybridized carbons (Fsp3) is 0. The number of anilines is 6. The minimum absolute atomic E-state index is 0.785. The molecule has 0 spiro atoms. The molecule has 20 aromatic carbocycles. The first-order valence-electron chi connectivity index (χ1n) is 39.5. The zero-order valence-corrected chi connectivity index (χ0v) is 62.6. The highest BCUT2D eigenvalue weighted by atomic mass is 16.3. The molecule has 0 atom stereocenters. The molecule has 6 nitrogen and oxygen atoms in total. The predicted octanol–water partition coefficient (Wildman–Crippen LogP) is 32.0. The van der Waals surface area contributed by atoms with Crippen LogP contribution in [0.2, 0.25) is 0 Å². The number of fused-ring (bicyclic) bond motifs is 18. The van der Waals surface area contributed by atoms with Gasteiger partial charge in [0.05, 0.1) is 22.4 Å². The fourth-order valence-electron chi connectivity index (χ4n) is 18.3. The lowest BCUT2D eigenvalue weighted by atomic mass is 9.93. The standard InChI is InChI=1S/C110H66N2O4/c1-3-19-71-55-79(40-37-67(71)17-1)73-25-13-27-86(57-73)111(85-49-43-69(44-50-85)89-31-15-32-91-90-30-10-12-35-102(90)115-109(89)91)100-52-46-82(59-93(100)84-48-54-104-96(64-84)98-62-76-22-6-8-24-78(76)66-107(98)114-104)81-42-39-70-45-51-92-108-101(34-16-36-105(108)116-110(92)94(70)60-81)112(87-28-14-26-74(58-87)80-41-38-68-18-2-4-20-72(68)56-80)99-33-11-9-29-88(99)83-47-53-103-95(63-83)97-61-75-21-5-7-23-77(75)65-106(97)113-103/h1-66H. The lowest BCUT2D eigenvalue weighted by Crippen LogP contribution is -2.11. The molecule has 540 valence electrons. The Morgan fingerprint density at radius 1 is 0.155 bits per heavy atom. The topological polar surface area (TPSA) is 59.0 Å².